The van der Waals surface area contributed by atoms with Gasteiger partial charge < -0.3 is 20.0 Å². The van der Waals surface area contributed by atoms with E-state index in [1.165, 1.54) is 33.9 Å². The average Bonchev–Trinajstić information content (AvgIpc) is 2.82. The Kier molecular flexibility index (Phi) is 6.35. The van der Waals surface area contributed by atoms with Crippen LogP contribution in [0.5, 0.6) is 0 Å². The number of pyridine rings is 1. The lowest BCUT2D eigenvalue weighted by molar-refractivity contribution is 0.244. The van der Waals surface area contributed by atoms with Crippen molar-refractivity contribution in [3.8, 4) is 0 Å². The summed E-state index contributed by atoms with van der Waals surface area (Å²) < 4.78 is 0. The van der Waals surface area contributed by atoms with Crippen molar-refractivity contribution < 1.29 is 0 Å². The lowest BCUT2D eigenvalue weighted by Gasteiger charge is -2.41. The standard InChI is InChI=1S/C26H38N6/c1-20-17-27-10-12-32(20)26-23-9-11-30(18-22-7-5-4-6-8-22)19-24(23)21(2)25(28-26)31-15-13-29(3)14-16-31/h4-8,20,27H,9-19H2,1-3H3/t20-/m0/s1. The Morgan fingerprint density at radius 2 is 1.75 bits per heavy atom. The SMILES string of the molecule is Cc1c(N2CCN(C)CC2)nc(N2CCNC[C@@H]2C)c2c1CN(Cc1ccccc1)CC2. The van der Waals surface area contributed by atoms with E-state index in [1.54, 1.807) is 0 Å². The Balaban J connectivity index is 1.50. The maximum atomic E-state index is 5.40. The predicted octanol–water partition coefficient (Wildman–Crippen LogP) is 2.50. The van der Waals surface area contributed by atoms with E-state index in [1.807, 2.05) is 0 Å². The number of nitrogens with one attached hydrogen (secondary N) is 1. The number of piperazine rings is 2. The second-order valence-electron chi connectivity index (χ2n) is 9.82. The second-order valence-corrected chi connectivity index (χ2v) is 9.82. The average molecular weight is 435 g/mol. The van der Waals surface area contributed by atoms with Crippen LogP contribution in [0.1, 0.15) is 29.2 Å². The minimum Gasteiger partial charge on any atom is -0.354 e. The molecule has 5 rings (SSSR count). The van der Waals surface area contributed by atoms with Crippen LogP contribution in [0.25, 0.3) is 0 Å². The summed E-state index contributed by atoms with van der Waals surface area (Å²) in [6.45, 7) is 15.3. The number of rotatable bonds is 4. The number of likely N-dealkylation sites (N-methyl/N-ethyl adjacent to an activating group) is 1. The Morgan fingerprint density at radius 3 is 2.50 bits per heavy atom. The van der Waals surface area contributed by atoms with Crippen LogP contribution in [0.2, 0.25) is 0 Å². The van der Waals surface area contributed by atoms with Gasteiger partial charge in [0.25, 0.3) is 0 Å². The molecule has 6 heteroatoms. The third-order valence-electron chi connectivity index (χ3n) is 7.52. The molecule has 3 aliphatic rings. The number of benzene rings is 1. The predicted molar refractivity (Wildman–Crippen MR) is 133 cm³/mol. The van der Waals surface area contributed by atoms with E-state index in [0.717, 1.165) is 71.9 Å². The van der Waals surface area contributed by atoms with E-state index >= 15 is 0 Å². The molecular weight excluding hydrogens is 396 g/mol. The quantitative estimate of drug-likeness (QED) is 0.797. The number of fused-ring (bicyclic) bond motifs is 1. The normalized spacial score (nSPS) is 22.8. The van der Waals surface area contributed by atoms with Crippen LogP contribution < -0.4 is 15.1 Å². The molecule has 0 aliphatic carbocycles. The van der Waals surface area contributed by atoms with Crippen molar-refractivity contribution in [1.82, 2.24) is 20.1 Å². The molecule has 0 radical (unpaired) electrons. The van der Waals surface area contributed by atoms with Crippen LogP contribution in [0.15, 0.2) is 30.3 Å². The smallest absolute Gasteiger partial charge is 0.134 e. The van der Waals surface area contributed by atoms with Crippen LogP contribution in [0.4, 0.5) is 11.6 Å². The minimum atomic E-state index is 0.478. The molecule has 3 aliphatic heterocycles. The molecule has 0 amide bonds. The largest absolute Gasteiger partial charge is 0.354 e. The van der Waals surface area contributed by atoms with Crippen LogP contribution in [-0.2, 0) is 19.5 Å². The fourth-order valence-corrected chi connectivity index (χ4v) is 5.49. The van der Waals surface area contributed by atoms with Crippen molar-refractivity contribution in [1.29, 1.82) is 0 Å². The molecule has 2 fully saturated rings. The Morgan fingerprint density at radius 1 is 0.969 bits per heavy atom. The molecule has 32 heavy (non-hydrogen) atoms. The third kappa shape index (κ3) is 4.36. The number of nitrogens with zero attached hydrogens (tertiary/aromatic N) is 5. The number of hydrogen-bond donors (Lipinski definition) is 1. The molecule has 172 valence electrons. The lowest BCUT2D eigenvalue weighted by Crippen LogP contribution is -2.51. The van der Waals surface area contributed by atoms with Crippen molar-refractivity contribution >= 4 is 11.6 Å². The zero-order valence-corrected chi connectivity index (χ0v) is 20.0. The topological polar surface area (TPSA) is 37.9 Å². The van der Waals surface area contributed by atoms with Crippen molar-refractivity contribution in [3.63, 3.8) is 0 Å². The van der Waals surface area contributed by atoms with Gasteiger partial charge in [-0.3, -0.25) is 4.90 Å². The number of aromatic nitrogens is 1. The summed E-state index contributed by atoms with van der Waals surface area (Å²) in [6.07, 6.45) is 1.09. The molecule has 2 saturated heterocycles. The molecule has 0 unspecified atom stereocenters. The second kappa shape index (κ2) is 9.38. The molecule has 0 saturated carbocycles. The van der Waals surface area contributed by atoms with Crippen molar-refractivity contribution in [2.24, 2.45) is 0 Å². The van der Waals surface area contributed by atoms with Crippen molar-refractivity contribution in [3.05, 3.63) is 52.6 Å². The van der Waals surface area contributed by atoms with Gasteiger partial charge in [-0.2, -0.15) is 0 Å². The first kappa shape index (κ1) is 21.7. The summed E-state index contributed by atoms with van der Waals surface area (Å²) in [5.41, 5.74) is 5.82. The highest BCUT2D eigenvalue weighted by Crippen LogP contribution is 2.36. The first-order chi connectivity index (χ1) is 15.6. The minimum absolute atomic E-state index is 0.478. The van der Waals surface area contributed by atoms with E-state index in [2.05, 4.69) is 76.1 Å². The van der Waals surface area contributed by atoms with Gasteiger partial charge in [0.15, 0.2) is 0 Å². The summed E-state index contributed by atoms with van der Waals surface area (Å²) in [5, 5.41) is 3.55. The molecule has 1 aromatic carbocycles. The van der Waals surface area contributed by atoms with Crippen LogP contribution >= 0.6 is 0 Å². The summed E-state index contributed by atoms with van der Waals surface area (Å²) in [4.78, 5) is 15.5. The number of hydrogen-bond acceptors (Lipinski definition) is 6. The van der Waals surface area contributed by atoms with E-state index < -0.39 is 0 Å². The molecule has 6 nitrogen and oxygen atoms in total. The van der Waals surface area contributed by atoms with Crippen LogP contribution in [0, 0.1) is 6.92 Å². The van der Waals surface area contributed by atoms with Gasteiger partial charge in [-0.15, -0.1) is 0 Å². The zero-order chi connectivity index (χ0) is 22.1. The maximum absolute atomic E-state index is 5.40. The summed E-state index contributed by atoms with van der Waals surface area (Å²) in [5.74, 6) is 2.48. The van der Waals surface area contributed by atoms with E-state index in [4.69, 9.17) is 4.98 Å². The lowest BCUT2D eigenvalue weighted by atomic mass is 9.94. The number of anilines is 2. The molecule has 4 heterocycles. The fourth-order valence-electron chi connectivity index (χ4n) is 5.49. The molecule has 0 spiro atoms. The van der Waals surface area contributed by atoms with Gasteiger partial charge in [-0.05, 0) is 44.0 Å². The van der Waals surface area contributed by atoms with Gasteiger partial charge in [0.2, 0.25) is 0 Å². The summed E-state index contributed by atoms with van der Waals surface area (Å²) >= 11 is 0. The highest BCUT2D eigenvalue weighted by Gasteiger charge is 2.30. The molecular formula is C26H38N6. The first-order valence-electron chi connectivity index (χ1n) is 12.3. The highest BCUT2D eigenvalue weighted by molar-refractivity contribution is 5.64. The van der Waals surface area contributed by atoms with Gasteiger partial charge in [0.05, 0.1) is 0 Å². The van der Waals surface area contributed by atoms with E-state index in [9.17, 15) is 0 Å². The Bertz CT molecular complexity index is 922. The van der Waals surface area contributed by atoms with Gasteiger partial charge >= 0.3 is 0 Å². The first-order valence-corrected chi connectivity index (χ1v) is 12.3. The van der Waals surface area contributed by atoms with Gasteiger partial charge in [-0.1, -0.05) is 30.3 Å². The molecule has 1 N–H and O–H groups in total. The highest BCUT2D eigenvalue weighted by atomic mass is 15.3. The molecule has 1 aromatic heterocycles. The summed E-state index contributed by atoms with van der Waals surface area (Å²) in [7, 11) is 2.22. The summed E-state index contributed by atoms with van der Waals surface area (Å²) in [6, 6.07) is 11.4. The van der Waals surface area contributed by atoms with Crippen molar-refractivity contribution in [2.75, 3.05) is 69.2 Å². The Hall–Kier alpha value is -2.15. The van der Waals surface area contributed by atoms with Gasteiger partial charge in [-0.25, -0.2) is 4.98 Å². The third-order valence-corrected chi connectivity index (χ3v) is 7.52. The van der Waals surface area contributed by atoms with Crippen LogP contribution in [0.3, 0.4) is 0 Å². The monoisotopic (exact) mass is 434 g/mol. The van der Waals surface area contributed by atoms with Crippen LogP contribution in [-0.4, -0.2) is 80.2 Å². The van der Waals surface area contributed by atoms with Gasteiger partial charge in [0.1, 0.15) is 11.6 Å². The maximum Gasteiger partial charge on any atom is 0.134 e. The zero-order valence-electron chi connectivity index (χ0n) is 20.0. The molecule has 0 bridgehead atoms. The molecule has 2 aromatic rings. The fraction of sp³-hybridized carbons (Fsp3) is 0.577. The Labute approximate surface area is 193 Å². The van der Waals surface area contributed by atoms with Gasteiger partial charge in [0, 0.05) is 77.1 Å². The molecule has 1 atom stereocenters. The van der Waals surface area contributed by atoms with E-state index in [-0.39, 0.29) is 0 Å². The van der Waals surface area contributed by atoms with E-state index in [0.29, 0.717) is 6.04 Å². The van der Waals surface area contributed by atoms with Crippen molar-refractivity contribution in [2.45, 2.75) is 39.4 Å².